The fourth-order valence-corrected chi connectivity index (χ4v) is 5.34. The highest BCUT2D eigenvalue weighted by atomic mass is 35.5. The molecule has 1 saturated heterocycles. The molecule has 4 aromatic rings. The Morgan fingerprint density at radius 3 is 2.71 bits per heavy atom. The predicted molar refractivity (Wildman–Crippen MR) is 132 cm³/mol. The molecule has 1 aliphatic heterocycles. The van der Waals surface area contributed by atoms with Crippen LogP contribution in [-0.2, 0) is 10.0 Å². The number of anilines is 1. The summed E-state index contributed by atoms with van der Waals surface area (Å²) in [6, 6.07) is 11.1. The van der Waals surface area contributed by atoms with Gasteiger partial charge in [0.15, 0.2) is 5.82 Å². The maximum atomic E-state index is 11.8. The molecule has 5 rings (SSSR count). The van der Waals surface area contributed by atoms with Crippen LogP contribution in [0.15, 0.2) is 48.8 Å². The number of piperidine rings is 1. The minimum atomic E-state index is -3.21. The summed E-state index contributed by atoms with van der Waals surface area (Å²) in [6.45, 7) is 2.82. The molecule has 4 heterocycles. The minimum absolute atomic E-state index is 0.163. The summed E-state index contributed by atoms with van der Waals surface area (Å²) in [4.78, 5) is 9.50. The Hall–Kier alpha value is -2.95. The normalized spacial score (nSPS) is 16.7. The van der Waals surface area contributed by atoms with Crippen LogP contribution in [0.5, 0.6) is 5.88 Å². The number of aromatic nitrogens is 4. The Kier molecular flexibility index (Phi) is 6.05. The van der Waals surface area contributed by atoms with Gasteiger partial charge in [-0.1, -0.05) is 17.7 Å². The monoisotopic (exact) mass is 500 g/mol. The van der Waals surface area contributed by atoms with Crippen molar-refractivity contribution in [2.75, 3.05) is 24.7 Å². The Labute approximate surface area is 202 Å². The van der Waals surface area contributed by atoms with Crippen molar-refractivity contribution in [1.82, 2.24) is 23.9 Å². The molecule has 1 aromatic carbocycles. The standard InChI is InChI=1S/C23H25ClN6O3S/c1-15(26-18-8-11-25-30-12-4-7-20(18)30)22-27-19-6-3-5-17(24)21(19)23(28-22)33-16-9-13-29(14-10-16)34(2,31)32/h3-8,11-12,15-16,26H,9-10,13-14H2,1-2H3/t15-/m0/s1. The molecule has 1 N–H and O–H groups in total. The molecule has 1 aliphatic rings. The third kappa shape index (κ3) is 4.53. The first kappa shape index (κ1) is 22.8. The average molecular weight is 501 g/mol. The number of hydrogen-bond donors (Lipinski definition) is 1. The van der Waals surface area contributed by atoms with Crippen LogP contribution in [0.2, 0.25) is 5.02 Å². The molecule has 0 saturated carbocycles. The van der Waals surface area contributed by atoms with E-state index in [4.69, 9.17) is 26.3 Å². The van der Waals surface area contributed by atoms with E-state index in [0.717, 1.165) is 11.2 Å². The Morgan fingerprint density at radius 2 is 1.94 bits per heavy atom. The Morgan fingerprint density at radius 1 is 1.15 bits per heavy atom. The highest BCUT2D eigenvalue weighted by Crippen LogP contribution is 2.33. The lowest BCUT2D eigenvalue weighted by molar-refractivity contribution is 0.131. The average Bonchev–Trinajstić information content (AvgIpc) is 3.29. The van der Waals surface area contributed by atoms with Crippen LogP contribution in [0.1, 0.15) is 31.6 Å². The second kappa shape index (κ2) is 9.01. The predicted octanol–water partition coefficient (Wildman–Crippen LogP) is 3.91. The van der Waals surface area contributed by atoms with E-state index in [-0.39, 0.29) is 12.1 Å². The smallest absolute Gasteiger partial charge is 0.226 e. The van der Waals surface area contributed by atoms with E-state index in [2.05, 4.69) is 10.4 Å². The number of ether oxygens (including phenoxy) is 1. The Bertz CT molecular complexity index is 1450. The second-order valence-corrected chi connectivity index (χ2v) is 10.8. The first-order valence-corrected chi connectivity index (χ1v) is 13.3. The van der Waals surface area contributed by atoms with Crippen LogP contribution in [-0.4, -0.2) is 57.8 Å². The van der Waals surface area contributed by atoms with Gasteiger partial charge in [-0.2, -0.15) is 10.1 Å². The summed E-state index contributed by atoms with van der Waals surface area (Å²) >= 11 is 6.50. The molecule has 0 radical (unpaired) electrons. The molecule has 11 heteroatoms. The molecule has 1 atom stereocenters. The maximum Gasteiger partial charge on any atom is 0.226 e. The number of fused-ring (bicyclic) bond motifs is 2. The van der Waals surface area contributed by atoms with E-state index in [0.29, 0.717) is 53.6 Å². The molecule has 1 fully saturated rings. The van der Waals surface area contributed by atoms with Gasteiger partial charge in [-0.3, -0.25) is 0 Å². The summed E-state index contributed by atoms with van der Waals surface area (Å²) in [6.07, 6.45) is 5.85. The van der Waals surface area contributed by atoms with Crippen LogP contribution in [0.4, 0.5) is 5.69 Å². The van der Waals surface area contributed by atoms with Crippen molar-refractivity contribution < 1.29 is 13.2 Å². The van der Waals surface area contributed by atoms with Crippen LogP contribution < -0.4 is 10.1 Å². The van der Waals surface area contributed by atoms with Gasteiger partial charge in [-0.05, 0) is 50.1 Å². The number of rotatable bonds is 6. The van der Waals surface area contributed by atoms with Crippen LogP contribution in [0, 0.1) is 0 Å². The molecule has 178 valence electrons. The van der Waals surface area contributed by atoms with E-state index >= 15 is 0 Å². The third-order valence-electron chi connectivity index (χ3n) is 6.00. The minimum Gasteiger partial charge on any atom is -0.474 e. The Balaban J connectivity index is 1.44. The van der Waals surface area contributed by atoms with Gasteiger partial charge in [-0.15, -0.1) is 0 Å². The van der Waals surface area contributed by atoms with Gasteiger partial charge in [0, 0.05) is 25.5 Å². The number of nitrogens with one attached hydrogen (secondary N) is 1. The van der Waals surface area contributed by atoms with Crippen molar-refractivity contribution in [1.29, 1.82) is 0 Å². The molecule has 0 unspecified atom stereocenters. The zero-order valence-corrected chi connectivity index (χ0v) is 20.4. The molecule has 0 amide bonds. The fraction of sp³-hybridized carbons (Fsp3) is 0.348. The lowest BCUT2D eigenvalue weighted by atomic mass is 10.1. The van der Waals surface area contributed by atoms with Gasteiger partial charge in [0.2, 0.25) is 15.9 Å². The largest absolute Gasteiger partial charge is 0.474 e. The quantitative estimate of drug-likeness (QED) is 0.428. The molecule has 0 spiro atoms. The van der Waals surface area contributed by atoms with Crippen LogP contribution >= 0.6 is 11.6 Å². The molecule has 34 heavy (non-hydrogen) atoms. The molecular formula is C23H25ClN6O3S. The second-order valence-electron chi connectivity index (χ2n) is 8.45. The van der Waals surface area contributed by atoms with E-state index < -0.39 is 10.0 Å². The van der Waals surface area contributed by atoms with Gasteiger partial charge in [0.05, 0.1) is 39.4 Å². The number of benzene rings is 1. The lowest BCUT2D eigenvalue weighted by Crippen LogP contribution is -2.41. The molecule has 3 aromatic heterocycles. The summed E-state index contributed by atoms with van der Waals surface area (Å²) in [5.41, 5.74) is 2.56. The highest BCUT2D eigenvalue weighted by Gasteiger charge is 2.27. The van der Waals surface area contributed by atoms with E-state index in [1.165, 1.54) is 10.6 Å². The van der Waals surface area contributed by atoms with Gasteiger partial charge in [-0.25, -0.2) is 22.2 Å². The SMILES string of the molecule is C[C@H](Nc1ccnn2cccc12)c1nc(OC2CCN(S(C)(=O)=O)CC2)c2c(Cl)cccc2n1. The van der Waals surface area contributed by atoms with E-state index in [1.807, 2.05) is 43.5 Å². The first-order valence-electron chi connectivity index (χ1n) is 11.1. The highest BCUT2D eigenvalue weighted by molar-refractivity contribution is 7.88. The van der Waals surface area contributed by atoms with Crippen LogP contribution in [0.25, 0.3) is 16.4 Å². The lowest BCUT2D eigenvalue weighted by Gasteiger charge is -2.30. The molecule has 0 aliphatic carbocycles. The zero-order valence-electron chi connectivity index (χ0n) is 18.8. The fourth-order valence-electron chi connectivity index (χ4n) is 4.22. The summed E-state index contributed by atoms with van der Waals surface area (Å²) in [7, 11) is -3.21. The molecular weight excluding hydrogens is 476 g/mol. The van der Waals surface area contributed by atoms with Crippen molar-refractivity contribution in [2.24, 2.45) is 0 Å². The van der Waals surface area contributed by atoms with Crippen molar-refractivity contribution in [3.8, 4) is 5.88 Å². The summed E-state index contributed by atoms with van der Waals surface area (Å²) < 4.78 is 33.3. The van der Waals surface area contributed by atoms with Gasteiger partial charge < -0.3 is 10.1 Å². The number of hydrogen-bond acceptors (Lipinski definition) is 7. The van der Waals surface area contributed by atoms with Gasteiger partial charge in [0.1, 0.15) is 6.10 Å². The van der Waals surface area contributed by atoms with Crippen molar-refractivity contribution in [3.63, 3.8) is 0 Å². The third-order valence-corrected chi connectivity index (χ3v) is 7.62. The van der Waals surface area contributed by atoms with Crippen LogP contribution in [0.3, 0.4) is 0 Å². The van der Waals surface area contributed by atoms with Crippen molar-refractivity contribution >= 4 is 43.7 Å². The van der Waals surface area contributed by atoms with Crippen molar-refractivity contribution in [3.05, 3.63) is 59.6 Å². The van der Waals surface area contributed by atoms with Gasteiger partial charge in [0.25, 0.3) is 0 Å². The number of sulfonamides is 1. The molecule has 9 nitrogen and oxygen atoms in total. The zero-order chi connectivity index (χ0) is 23.9. The van der Waals surface area contributed by atoms with E-state index in [9.17, 15) is 8.42 Å². The van der Waals surface area contributed by atoms with Gasteiger partial charge >= 0.3 is 0 Å². The summed E-state index contributed by atoms with van der Waals surface area (Å²) in [5, 5.41) is 8.94. The number of halogens is 1. The van der Waals surface area contributed by atoms with Crippen molar-refractivity contribution in [2.45, 2.75) is 31.9 Å². The number of nitrogens with zero attached hydrogens (tertiary/aromatic N) is 5. The topological polar surface area (TPSA) is 102 Å². The summed E-state index contributed by atoms with van der Waals surface area (Å²) in [5.74, 6) is 0.986. The van der Waals surface area contributed by atoms with E-state index in [1.54, 1.807) is 16.8 Å². The molecule has 0 bridgehead atoms. The first-order chi connectivity index (χ1) is 16.3. The maximum absolute atomic E-state index is 11.8.